The normalized spacial score (nSPS) is 10.6. The maximum absolute atomic E-state index is 4.47. The van der Waals surface area contributed by atoms with E-state index in [9.17, 15) is 0 Å². The Balaban J connectivity index is 2.74. The van der Waals surface area contributed by atoms with Gasteiger partial charge in [-0.15, -0.1) is 5.10 Å². The molecule has 0 unspecified atom stereocenters. The molecule has 0 aliphatic rings. The molecule has 10 heavy (non-hydrogen) atoms. The van der Waals surface area contributed by atoms with Crippen molar-refractivity contribution in [2.45, 2.75) is 0 Å². The van der Waals surface area contributed by atoms with Gasteiger partial charge in [-0.3, -0.25) is 0 Å². The fraction of sp³-hybridized carbons (Fsp3) is 0.400. The van der Waals surface area contributed by atoms with Crippen molar-refractivity contribution in [2.24, 2.45) is 12.2 Å². The molecule has 0 N–H and O–H groups in total. The van der Waals surface area contributed by atoms with E-state index in [1.807, 2.05) is 0 Å². The molecule has 1 rings (SSSR count). The van der Waals surface area contributed by atoms with Crippen LogP contribution in [0.5, 0.6) is 0 Å². The van der Waals surface area contributed by atoms with Crippen molar-refractivity contribution in [3.8, 4) is 0 Å². The van der Waals surface area contributed by atoms with Crippen LogP contribution in [0, 0.1) is 0 Å². The second-order valence-corrected chi connectivity index (χ2v) is 1.70. The van der Waals surface area contributed by atoms with Crippen molar-refractivity contribution in [1.29, 1.82) is 0 Å². The standard InChI is InChI=1S/C5H8N4O/c1-9-5(3-6-8-9)4-7-10-2/h3-4H,1-2H3/b7-4+. The van der Waals surface area contributed by atoms with E-state index < -0.39 is 0 Å². The number of nitrogens with zero attached hydrogens (tertiary/aromatic N) is 4. The van der Waals surface area contributed by atoms with E-state index >= 15 is 0 Å². The lowest BCUT2D eigenvalue weighted by Gasteiger charge is -1.88. The summed E-state index contributed by atoms with van der Waals surface area (Å²) < 4.78 is 1.60. The van der Waals surface area contributed by atoms with Crippen LogP contribution in [0.2, 0.25) is 0 Å². The summed E-state index contributed by atoms with van der Waals surface area (Å²) in [6.07, 6.45) is 3.14. The summed E-state index contributed by atoms with van der Waals surface area (Å²) in [7, 11) is 3.27. The number of hydrogen-bond donors (Lipinski definition) is 0. The topological polar surface area (TPSA) is 52.3 Å². The first-order valence-corrected chi connectivity index (χ1v) is 2.76. The summed E-state index contributed by atoms with van der Waals surface area (Å²) >= 11 is 0. The molecule has 0 radical (unpaired) electrons. The first-order valence-electron chi connectivity index (χ1n) is 2.76. The van der Waals surface area contributed by atoms with E-state index in [0.29, 0.717) is 0 Å². The monoisotopic (exact) mass is 140 g/mol. The van der Waals surface area contributed by atoms with Gasteiger partial charge in [0.1, 0.15) is 12.8 Å². The Kier molecular flexibility index (Phi) is 1.99. The highest BCUT2D eigenvalue weighted by molar-refractivity contribution is 5.75. The van der Waals surface area contributed by atoms with E-state index in [1.54, 1.807) is 24.1 Å². The summed E-state index contributed by atoms with van der Waals surface area (Å²) in [6, 6.07) is 0. The number of oxime groups is 1. The van der Waals surface area contributed by atoms with Crippen molar-refractivity contribution < 1.29 is 4.84 Å². The molecule has 0 saturated carbocycles. The van der Waals surface area contributed by atoms with Gasteiger partial charge in [0, 0.05) is 7.05 Å². The largest absolute Gasteiger partial charge is 0.399 e. The molecule has 0 amide bonds. The lowest BCUT2D eigenvalue weighted by Crippen LogP contribution is -1.96. The van der Waals surface area contributed by atoms with Gasteiger partial charge >= 0.3 is 0 Å². The quantitative estimate of drug-likeness (QED) is 0.422. The Bertz CT molecular complexity index is 229. The zero-order valence-corrected chi connectivity index (χ0v) is 5.85. The molecule has 0 spiro atoms. The highest BCUT2D eigenvalue weighted by Gasteiger charge is 1.92. The van der Waals surface area contributed by atoms with Crippen LogP contribution in [-0.2, 0) is 11.9 Å². The van der Waals surface area contributed by atoms with Gasteiger partial charge in [0.25, 0.3) is 0 Å². The van der Waals surface area contributed by atoms with Gasteiger partial charge in [-0.25, -0.2) is 4.68 Å². The zero-order valence-electron chi connectivity index (χ0n) is 5.85. The average Bonchev–Trinajstić information content (AvgIpc) is 2.31. The maximum Gasteiger partial charge on any atom is 0.106 e. The molecule has 0 aromatic carbocycles. The molecule has 54 valence electrons. The second-order valence-electron chi connectivity index (χ2n) is 1.70. The molecule has 1 heterocycles. The predicted molar refractivity (Wildman–Crippen MR) is 35.6 cm³/mol. The Morgan fingerprint density at radius 3 is 3.10 bits per heavy atom. The minimum absolute atomic E-state index is 0.807. The third-order valence-electron chi connectivity index (χ3n) is 1.04. The van der Waals surface area contributed by atoms with Gasteiger partial charge in [-0.1, -0.05) is 10.4 Å². The maximum atomic E-state index is 4.47. The smallest absolute Gasteiger partial charge is 0.106 e. The van der Waals surface area contributed by atoms with E-state index in [2.05, 4.69) is 20.3 Å². The third kappa shape index (κ3) is 1.31. The summed E-state index contributed by atoms with van der Waals surface area (Å²) in [5.41, 5.74) is 0.807. The molecule has 0 atom stereocenters. The predicted octanol–water partition coefficient (Wildman–Crippen LogP) is -0.205. The van der Waals surface area contributed by atoms with Gasteiger partial charge in [0.15, 0.2) is 0 Å². The van der Waals surface area contributed by atoms with E-state index in [4.69, 9.17) is 0 Å². The lowest BCUT2D eigenvalue weighted by molar-refractivity contribution is 0.215. The molecular weight excluding hydrogens is 132 g/mol. The number of rotatable bonds is 2. The third-order valence-corrected chi connectivity index (χ3v) is 1.04. The average molecular weight is 140 g/mol. The zero-order chi connectivity index (χ0) is 7.40. The van der Waals surface area contributed by atoms with Crippen LogP contribution < -0.4 is 0 Å². The van der Waals surface area contributed by atoms with Crippen LogP contribution in [0.4, 0.5) is 0 Å². The number of aromatic nitrogens is 3. The summed E-state index contributed by atoms with van der Waals surface area (Å²) in [6.45, 7) is 0. The van der Waals surface area contributed by atoms with Crippen LogP contribution in [0.3, 0.4) is 0 Å². The second kappa shape index (κ2) is 2.95. The van der Waals surface area contributed by atoms with Crippen molar-refractivity contribution in [3.05, 3.63) is 11.9 Å². The molecule has 0 bridgehead atoms. The molecular formula is C5H8N4O. The van der Waals surface area contributed by atoms with Crippen LogP contribution >= 0.6 is 0 Å². The van der Waals surface area contributed by atoms with Crippen molar-refractivity contribution in [2.75, 3.05) is 7.11 Å². The van der Waals surface area contributed by atoms with E-state index in [-0.39, 0.29) is 0 Å². The van der Waals surface area contributed by atoms with Crippen molar-refractivity contribution in [3.63, 3.8) is 0 Å². The van der Waals surface area contributed by atoms with Gasteiger partial charge in [-0.2, -0.15) is 0 Å². The fourth-order valence-electron chi connectivity index (χ4n) is 0.521. The van der Waals surface area contributed by atoms with Crippen LogP contribution in [0.15, 0.2) is 11.4 Å². The molecule has 0 fully saturated rings. The Morgan fingerprint density at radius 1 is 1.80 bits per heavy atom. The lowest BCUT2D eigenvalue weighted by atomic mass is 10.5. The van der Waals surface area contributed by atoms with Crippen LogP contribution in [0.25, 0.3) is 0 Å². The first kappa shape index (κ1) is 6.73. The van der Waals surface area contributed by atoms with E-state index in [1.165, 1.54) is 7.11 Å². The summed E-state index contributed by atoms with van der Waals surface area (Å²) in [5.74, 6) is 0. The first-order chi connectivity index (χ1) is 4.84. The van der Waals surface area contributed by atoms with Crippen molar-refractivity contribution >= 4 is 6.21 Å². The molecule has 0 saturated heterocycles. The molecule has 1 aromatic rings. The Labute approximate surface area is 58.3 Å². The van der Waals surface area contributed by atoms with Crippen molar-refractivity contribution in [1.82, 2.24) is 15.0 Å². The number of aryl methyl sites for hydroxylation is 1. The fourth-order valence-corrected chi connectivity index (χ4v) is 0.521. The molecule has 0 aliphatic heterocycles. The van der Waals surface area contributed by atoms with E-state index in [0.717, 1.165) is 5.69 Å². The minimum Gasteiger partial charge on any atom is -0.399 e. The molecule has 5 nitrogen and oxygen atoms in total. The molecule has 1 aromatic heterocycles. The Hall–Kier alpha value is -1.39. The van der Waals surface area contributed by atoms with Gasteiger partial charge < -0.3 is 4.84 Å². The SMILES string of the molecule is CO/N=C/c1cnnn1C. The highest BCUT2D eigenvalue weighted by Crippen LogP contribution is 1.86. The minimum atomic E-state index is 0.807. The van der Waals surface area contributed by atoms with Crippen LogP contribution in [-0.4, -0.2) is 28.3 Å². The summed E-state index contributed by atoms with van der Waals surface area (Å²) in [5, 5.41) is 10.9. The number of hydrogen-bond acceptors (Lipinski definition) is 4. The van der Waals surface area contributed by atoms with Gasteiger partial charge in [0.05, 0.1) is 12.4 Å². The highest BCUT2D eigenvalue weighted by atomic mass is 16.6. The van der Waals surface area contributed by atoms with Gasteiger partial charge in [-0.05, 0) is 0 Å². The Morgan fingerprint density at radius 2 is 2.60 bits per heavy atom. The molecule has 0 aliphatic carbocycles. The van der Waals surface area contributed by atoms with Gasteiger partial charge in [0.2, 0.25) is 0 Å². The molecule has 5 heteroatoms. The van der Waals surface area contributed by atoms with Crippen LogP contribution in [0.1, 0.15) is 5.69 Å². The summed E-state index contributed by atoms with van der Waals surface area (Å²) in [4.78, 5) is 4.47.